The molecule has 2 aromatic rings. The van der Waals surface area contributed by atoms with Gasteiger partial charge in [-0.05, 0) is 57.3 Å². The number of nitrogens with two attached hydrogens (primary N) is 1. The van der Waals surface area contributed by atoms with E-state index in [0.29, 0.717) is 5.92 Å². The molecule has 0 aliphatic heterocycles. The fourth-order valence-corrected chi connectivity index (χ4v) is 2.47. The maximum atomic E-state index is 5.72. The molecular weight excluding hydrogens is 347 g/mol. The zero-order chi connectivity index (χ0) is 13.8. The molecule has 0 fully saturated rings. The zero-order valence-corrected chi connectivity index (χ0v) is 13.4. The molecule has 2 aromatic carbocycles. The molecule has 0 radical (unpaired) electrons. The lowest BCUT2D eigenvalue weighted by molar-refractivity contribution is 0.636. The first-order chi connectivity index (χ1) is 9.11. The van der Waals surface area contributed by atoms with Crippen LogP contribution >= 0.6 is 22.6 Å². The topological polar surface area (TPSA) is 38.0 Å². The van der Waals surface area contributed by atoms with Crippen LogP contribution in [-0.2, 0) is 0 Å². The van der Waals surface area contributed by atoms with Crippen molar-refractivity contribution in [2.75, 3.05) is 0 Å². The molecule has 0 saturated carbocycles. The van der Waals surface area contributed by atoms with Gasteiger partial charge in [0, 0.05) is 3.57 Å². The van der Waals surface area contributed by atoms with Crippen LogP contribution in [0.25, 0.3) is 0 Å². The Kier molecular flexibility index (Phi) is 4.96. The van der Waals surface area contributed by atoms with E-state index in [1.54, 1.807) is 0 Å². The van der Waals surface area contributed by atoms with Gasteiger partial charge in [-0.25, -0.2) is 5.43 Å². The first-order valence-electron chi connectivity index (χ1n) is 6.43. The first-order valence-corrected chi connectivity index (χ1v) is 7.51. The summed E-state index contributed by atoms with van der Waals surface area (Å²) in [5, 5.41) is 0. The maximum Gasteiger partial charge on any atom is 0.0710 e. The Hall–Kier alpha value is -0.910. The minimum absolute atomic E-state index is 0.0400. The van der Waals surface area contributed by atoms with Gasteiger partial charge in [0.05, 0.1) is 6.04 Å². The minimum atomic E-state index is 0.0400. The third-order valence-electron chi connectivity index (χ3n) is 3.31. The van der Waals surface area contributed by atoms with E-state index in [1.165, 1.54) is 20.3 Å². The van der Waals surface area contributed by atoms with Crippen LogP contribution in [0, 0.1) is 3.57 Å². The molecule has 0 heterocycles. The molecule has 2 rings (SSSR count). The normalized spacial score (nSPS) is 12.7. The Morgan fingerprint density at radius 1 is 0.842 bits per heavy atom. The van der Waals surface area contributed by atoms with E-state index in [2.05, 4.69) is 90.4 Å². The largest absolute Gasteiger partial charge is 0.271 e. The summed E-state index contributed by atoms with van der Waals surface area (Å²) in [5.41, 5.74) is 6.62. The van der Waals surface area contributed by atoms with E-state index in [9.17, 15) is 0 Å². The number of hydrazine groups is 1. The Morgan fingerprint density at radius 3 is 1.68 bits per heavy atom. The summed E-state index contributed by atoms with van der Waals surface area (Å²) in [6.07, 6.45) is 0. The summed E-state index contributed by atoms with van der Waals surface area (Å²) >= 11 is 2.31. The molecule has 3 N–H and O–H groups in total. The molecule has 1 unspecified atom stereocenters. The van der Waals surface area contributed by atoms with E-state index < -0.39 is 0 Å². The van der Waals surface area contributed by atoms with Crippen LogP contribution in [0.2, 0.25) is 0 Å². The van der Waals surface area contributed by atoms with Gasteiger partial charge in [0.2, 0.25) is 0 Å². The van der Waals surface area contributed by atoms with Crippen LogP contribution in [0.3, 0.4) is 0 Å². The third kappa shape index (κ3) is 3.55. The van der Waals surface area contributed by atoms with E-state index in [1.807, 2.05) is 0 Å². The van der Waals surface area contributed by atoms with Gasteiger partial charge >= 0.3 is 0 Å². The lowest BCUT2D eigenvalue weighted by Crippen LogP contribution is -2.28. The second-order valence-corrected chi connectivity index (χ2v) is 6.22. The van der Waals surface area contributed by atoms with Gasteiger partial charge in [-0.15, -0.1) is 0 Å². The molecular formula is C16H19IN2. The van der Waals surface area contributed by atoms with Crippen molar-refractivity contribution < 1.29 is 0 Å². The van der Waals surface area contributed by atoms with Crippen molar-refractivity contribution >= 4 is 22.6 Å². The van der Waals surface area contributed by atoms with Gasteiger partial charge in [-0.1, -0.05) is 50.2 Å². The number of rotatable bonds is 4. The Morgan fingerprint density at radius 2 is 1.26 bits per heavy atom. The van der Waals surface area contributed by atoms with Crippen molar-refractivity contribution in [2.45, 2.75) is 25.8 Å². The Bertz CT molecular complexity index is 517. The predicted molar refractivity (Wildman–Crippen MR) is 88.9 cm³/mol. The molecule has 0 spiro atoms. The monoisotopic (exact) mass is 366 g/mol. The molecule has 19 heavy (non-hydrogen) atoms. The summed E-state index contributed by atoms with van der Waals surface area (Å²) in [5.74, 6) is 6.27. The molecule has 0 amide bonds. The third-order valence-corrected chi connectivity index (χ3v) is 4.03. The fraction of sp³-hybridized carbons (Fsp3) is 0.250. The maximum absolute atomic E-state index is 5.72. The van der Waals surface area contributed by atoms with Crippen LogP contribution in [0.4, 0.5) is 0 Å². The fourth-order valence-electron chi connectivity index (χ4n) is 2.11. The summed E-state index contributed by atoms with van der Waals surface area (Å²) in [6.45, 7) is 4.40. The number of halogens is 1. The van der Waals surface area contributed by atoms with Crippen LogP contribution in [0.15, 0.2) is 48.5 Å². The minimum Gasteiger partial charge on any atom is -0.271 e. The molecule has 100 valence electrons. The standard InChI is InChI=1S/C16H19IN2/c1-11(2)12-3-5-13(6-4-12)16(19-18)14-7-9-15(17)10-8-14/h3-11,16,19H,18H2,1-2H3. The second-order valence-electron chi connectivity index (χ2n) is 4.97. The number of hydrogen-bond acceptors (Lipinski definition) is 2. The number of benzene rings is 2. The lowest BCUT2D eigenvalue weighted by atomic mass is 9.96. The summed E-state index contributed by atoms with van der Waals surface area (Å²) in [4.78, 5) is 0. The SMILES string of the molecule is CC(C)c1ccc(C(NN)c2ccc(I)cc2)cc1. The van der Waals surface area contributed by atoms with Gasteiger partial charge in [0.1, 0.15) is 0 Å². The second kappa shape index (κ2) is 6.50. The predicted octanol–water partition coefficient (Wildman–Crippen LogP) is 3.97. The molecule has 0 saturated heterocycles. The number of hydrogen-bond donors (Lipinski definition) is 2. The average molecular weight is 366 g/mol. The van der Waals surface area contributed by atoms with E-state index in [0.717, 1.165) is 0 Å². The highest BCUT2D eigenvalue weighted by Crippen LogP contribution is 2.24. The van der Waals surface area contributed by atoms with Crippen molar-refractivity contribution in [3.63, 3.8) is 0 Å². The summed E-state index contributed by atoms with van der Waals surface area (Å²) in [7, 11) is 0. The first kappa shape index (κ1) is 14.5. The van der Waals surface area contributed by atoms with Gasteiger partial charge in [0.25, 0.3) is 0 Å². The zero-order valence-electron chi connectivity index (χ0n) is 11.2. The highest BCUT2D eigenvalue weighted by Gasteiger charge is 2.12. The van der Waals surface area contributed by atoms with Crippen LogP contribution in [0.5, 0.6) is 0 Å². The van der Waals surface area contributed by atoms with Crippen molar-refractivity contribution in [1.82, 2.24) is 5.43 Å². The van der Waals surface area contributed by atoms with Crippen LogP contribution in [0.1, 0.15) is 42.5 Å². The highest BCUT2D eigenvalue weighted by molar-refractivity contribution is 14.1. The van der Waals surface area contributed by atoms with Crippen LogP contribution < -0.4 is 11.3 Å². The van der Waals surface area contributed by atoms with E-state index in [4.69, 9.17) is 5.84 Å². The quantitative estimate of drug-likeness (QED) is 0.488. The van der Waals surface area contributed by atoms with Crippen molar-refractivity contribution in [2.24, 2.45) is 5.84 Å². The molecule has 0 aliphatic rings. The molecule has 0 bridgehead atoms. The lowest BCUT2D eigenvalue weighted by Gasteiger charge is -2.18. The molecule has 2 nitrogen and oxygen atoms in total. The van der Waals surface area contributed by atoms with Gasteiger partial charge in [-0.2, -0.15) is 0 Å². The van der Waals surface area contributed by atoms with Gasteiger partial charge in [-0.3, -0.25) is 5.84 Å². The highest BCUT2D eigenvalue weighted by atomic mass is 127. The number of nitrogens with one attached hydrogen (secondary N) is 1. The van der Waals surface area contributed by atoms with Gasteiger partial charge in [0.15, 0.2) is 0 Å². The van der Waals surface area contributed by atoms with E-state index >= 15 is 0 Å². The van der Waals surface area contributed by atoms with Crippen LogP contribution in [-0.4, -0.2) is 0 Å². The van der Waals surface area contributed by atoms with Crippen molar-refractivity contribution in [1.29, 1.82) is 0 Å². The summed E-state index contributed by atoms with van der Waals surface area (Å²) < 4.78 is 1.23. The van der Waals surface area contributed by atoms with Crippen molar-refractivity contribution in [3.8, 4) is 0 Å². The molecule has 0 aromatic heterocycles. The smallest absolute Gasteiger partial charge is 0.0710 e. The molecule has 1 atom stereocenters. The average Bonchev–Trinajstić information content (AvgIpc) is 2.42. The molecule has 3 heteroatoms. The summed E-state index contributed by atoms with van der Waals surface area (Å²) in [6, 6.07) is 17.1. The van der Waals surface area contributed by atoms with Crippen molar-refractivity contribution in [3.05, 3.63) is 68.8 Å². The Labute approximate surface area is 128 Å². The Balaban J connectivity index is 2.28. The molecule has 0 aliphatic carbocycles. The van der Waals surface area contributed by atoms with E-state index in [-0.39, 0.29) is 6.04 Å². The van der Waals surface area contributed by atoms with Gasteiger partial charge < -0.3 is 0 Å².